The number of rotatable bonds is 5. The summed E-state index contributed by atoms with van der Waals surface area (Å²) in [5.74, 6) is 0.521. The zero-order valence-corrected chi connectivity index (χ0v) is 9.93. The Hall–Kier alpha value is -1.98. The summed E-state index contributed by atoms with van der Waals surface area (Å²) in [6, 6.07) is 1.42. The highest BCUT2D eigenvalue weighted by Crippen LogP contribution is 2.11. The molecule has 0 saturated heterocycles. The van der Waals surface area contributed by atoms with E-state index < -0.39 is 0 Å². The van der Waals surface area contributed by atoms with Crippen LogP contribution >= 0.6 is 0 Å². The number of carbonyl (C=O) groups excluding carboxylic acids is 1. The van der Waals surface area contributed by atoms with Crippen LogP contribution in [0.2, 0.25) is 0 Å². The van der Waals surface area contributed by atoms with E-state index in [-0.39, 0.29) is 17.8 Å². The lowest BCUT2D eigenvalue weighted by atomic mass is 10.1. The van der Waals surface area contributed by atoms with Crippen LogP contribution in [-0.4, -0.2) is 23.0 Å². The van der Waals surface area contributed by atoms with Gasteiger partial charge in [0.2, 0.25) is 0 Å². The Kier molecular flexibility index (Phi) is 4.56. The topological polar surface area (TPSA) is 101 Å². The molecular formula is C11H17N3O3. The first-order chi connectivity index (χ1) is 8.08. The van der Waals surface area contributed by atoms with Crippen LogP contribution in [0.25, 0.3) is 0 Å². The van der Waals surface area contributed by atoms with E-state index in [9.17, 15) is 4.79 Å². The Morgan fingerprint density at radius 2 is 2.41 bits per heavy atom. The Morgan fingerprint density at radius 3 is 3.00 bits per heavy atom. The Bertz CT molecular complexity index is 412. The SMILES string of the molecule is CCc1occc1C(=O)NC(C)C/C(N)=N/O. The molecule has 0 aliphatic rings. The van der Waals surface area contributed by atoms with Crippen molar-refractivity contribution in [2.75, 3.05) is 0 Å². The normalized spacial score (nSPS) is 13.4. The number of nitrogens with two attached hydrogens (primary N) is 1. The number of carbonyl (C=O) groups is 1. The Morgan fingerprint density at radius 1 is 1.71 bits per heavy atom. The molecular weight excluding hydrogens is 222 g/mol. The second-order valence-electron chi connectivity index (χ2n) is 3.78. The van der Waals surface area contributed by atoms with Crippen LogP contribution in [0.15, 0.2) is 21.9 Å². The summed E-state index contributed by atoms with van der Waals surface area (Å²) in [5, 5.41) is 14.0. The molecule has 4 N–H and O–H groups in total. The van der Waals surface area contributed by atoms with Crippen LogP contribution in [0.5, 0.6) is 0 Å². The lowest BCUT2D eigenvalue weighted by Gasteiger charge is -2.12. The highest BCUT2D eigenvalue weighted by atomic mass is 16.4. The van der Waals surface area contributed by atoms with Gasteiger partial charge in [-0.05, 0) is 13.0 Å². The first-order valence-corrected chi connectivity index (χ1v) is 5.42. The fraction of sp³-hybridized carbons (Fsp3) is 0.455. The Labute approximate surface area is 99.5 Å². The van der Waals surface area contributed by atoms with E-state index in [4.69, 9.17) is 15.4 Å². The number of amidine groups is 1. The van der Waals surface area contributed by atoms with Gasteiger partial charge in [0.1, 0.15) is 11.6 Å². The van der Waals surface area contributed by atoms with Crippen LogP contribution in [0.4, 0.5) is 0 Å². The molecule has 1 amide bonds. The number of nitrogens with zero attached hydrogens (tertiary/aromatic N) is 1. The maximum absolute atomic E-state index is 11.9. The van der Waals surface area contributed by atoms with Gasteiger partial charge in [-0.15, -0.1) is 0 Å². The van der Waals surface area contributed by atoms with Crippen molar-refractivity contribution in [2.24, 2.45) is 10.9 Å². The van der Waals surface area contributed by atoms with E-state index in [2.05, 4.69) is 10.5 Å². The van der Waals surface area contributed by atoms with Crippen molar-refractivity contribution in [1.29, 1.82) is 0 Å². The smallest absolute Gasteiger partial charge is 0.255 e. The van der Waals surface area contributed by atoms with E-state index in [0.29, 0.717) is 24.2 Å². The van der Waals surface area contributed by atoms with Crippen molar-refractivity contribution < 1.29 is 14.4 Å². The zero-order chi connectivity index (χ0) is 12.8. The number of nitrogens with one attached hydrogen (secondary N) is 1. The van der Waals surface area contributed by atoms with Gasteiger partial charge in [-0.25, -0.2) is 0 Å². The van der Waals surface area contributed by atoms with Crippen molar-refractivity contribution in [3.63, 3.8) is 0 Å². The number of amides is 1. The average molecular weight is 239 g/mol. The van der Waals surface area contributed by atoms with Gasteiger partial charge in [0.05, 0.1) is 11.8 Å². The first-order valence-electron chi connectivity index (χ1n) is 5.42. The van der Waals surface area contributed by atoms with Gasteiger partial charge in [0.25, 0.3) is 5.91 Å². The van der Waals surface area contributed by atoms with Crippen molar-refractivity contribution >= 4 is 11.7 Å². The van der Waals surface area contributed by atoms with Crippen LogP contribution in [0.1, 0.15) is 36.4 Å². The van der Waals surface area contributed by atoms with Gasteiger partial charge in [-0.3, -0.25) is 4.79 Å². The quantitative estimate of drug-likeness (QED) is 0.310. The third-order valence-electron chi connectivity index (χ3n) is 2.33. The number of hydrogen-bond donors (Lipinski definition) is 3. The molecule has 1 atom stereocenters. The van der Waals surface area contributed by atoms with Gasteiger partial charge < -0.3 is 20.7 Å². The van der Waals surface area contributed by atoms with E-state index in [1.807, 2.05) is 6.92 Å². The van der Waals surface area contributed by atoms with Crippen molar-refractivity contribution in [2.45, 2.75) is 32.7 Å². The lowest BCUT2D eigenvalue weighted by molar-refractivity contribution is 0.0939. The summed E-state index contributed by atoms with van der Waals surface area (Å²) < 4.78 is 5.17. The second-order valence-corrected chi connectivity index (χ2v) is 3.78. The second kappa shape index (κ2) is 5.93. The van der Waals surface area contributed by atoms with Gasteiger partial charge >= 0.3 is 0 Å². The van der Waals surface area contributed by atoms with E-state index in [0.717, 1.165) is 0 Å². The fourth-order valence-electron chi connectivity index (χ4n) is 1.52. The molecule has 1 heterocycles. The van der Waals surface area contributed by atoms with Crippen LogP contribution in [0.3, 0.4) is 0 Å². The molecule has 17 heavy (non-hydrogen) atoms. The molecule has 6 heteroatoms. The average Bonchev–Trinajstić information content (AvgIpc) is 2.76. The molecule has 1 unspecified atom stereocenters. The van der Waals surface area contributed by atoms with Crippen LogP contribution < -0.4 is 11.1 Å². The highest BCUT2D eigenvalue weighted by molar-refractivity contribution is 5.95. The predicted molar refractivity (Wildman–Crippen MR) is 63.0 cm³/mol. The third-order valence-corrected chi connectivity index (χ3v) is 2.33. The van der Waals surface area contributed by atoms with Crippen LogP contribution in [-0.2, 0) is 6.42 Å². The molecule has 1 rings (SSSR count). The molecule has 0 fully saturated rings. The summed E-state index contributed by atoms with van der Waals surface area (Å²) in [4.78, 5) is 11.9. The van der Waals surface area contributed by atoms with Gasteiger partial charge in [0, 0.05) is 18.9 Å². The third kappa shape index (κ3) is 3.51. The maximum atomic E-state index is 11.9. The minimum atomic E-state index is -0.214. The van der Waals surface area contributed by atoms with Crippen molar-refractivity contribution in [1.82, 2.24) is 5.32 Å². The number of furan rings is 1. The highest BCUT2D eigenvalue weighted by Gasteiger charge is 2.15. The monoisotopic (exact) mass is 239 g/mol. The molecule has 0 radical (unpaired) electrons. The largest absolute Gasteiger partial charge is 0.469 e. The zero-order valence-electron chi connectivity index (χ0n) is 9.93. The fourth-order valence-corrected chi connectivity index (χ4v) is 1.52. The summed E-state index contributed by atoms with van der Waals surface area (Å²) in [6.45, 7) is 3.69. The molecule has 0 saturated carbocycles. The summed E-state index contributed by atoms with van der Waals surface area (Å²) in [5.41, 5.74) is 5.88. The number of oxime groups is 1. The molecule has 0 bridgehead atoms. The molecule has 0 spiro atoms. The minimum Gasteiger partial charge on any atom is -0.469 e. The molecule has 94 valence electrons. The number of aryl methyl sites for hydroxylation is 1. The van der Waals surface area contributed by atoms with E-state index in [1.165, 1.54) is 6.26 Å². The van der Waals surface area contributed by atoms with Crippen molar-refractivity contribution in [3.05, 3.63) is 23.7 Å². The molecule has 0 aliphatic heterocycles. The van der Waals surface area contributed by atoms with Crippen molar-refractivity contribution in [3.8, 4) is 0 Å². The maximum Gasteiger partial charge on any atom is 0.255 e. The summed E-state index contributed by atoms with van der Waals surface area (Å²) in [7, 11) is 0. The molecule has 1 aromatic heterocycles. The molecule has 0 aromatic carbocycles. The first kappa shape index (κ1) is 13.1. The summed E-state index contributed by atoms with van der Waals surface area (Å²) >= 11 is 0. The van der Waals surface area contributed by atoms with E-state index >= 15 is 0 Å². The van der Waals surface area contributed by atoms with Crippen LogP contribution in [0, 0.1) is 0 Å². The van der Waals surface area contributed by atoms with Gasteiger partial charge in [-0.2, -0.15) is 0 Å². The predicted octanol–water partition coefficient (Wildman–Crippen LogP) is 1.10. The Balaban J connectivity index is 2.60. The lowest BCUT2D eigenvalue weighted by Crippen LogP contribution is -2.36. The van der Waals surface area contributed by atoms with Gasteiger partial charge in [-0.1, -0.05) is 12.1 Å². The molecule has 0 aliphatic carbocycles. The molecule has 1 aromatic rings. The number of hydrogen-bond acceptors (Lipinski definition) is 4. The standard InChI is InChI=1S/C11H17N3O3/c1-3-9-8(4-5-17-9)11(15)13-7(2)6-10(12)14-16/h4-5,7,16H,3,6H2,1-2H3,(H2,12,14)(H,13,15). The summed E-state index contributed by atoms with van der Waals surface area (Å²) in [6.07, 6.45) is 2.44. The van der Waals surface area contributed by atoms with Gasteiger partial charge in [0.15, 0.2) is 0 Å². The van der Waals surface area contributed by atoms with E-state index in [1.54, 1.807) is 13.0 Å². The molecule has 6 nitrogen and oxygen atoms in total. The minimum absolute atomic E-state index is 0.0840.